The van der Waals surface area contributed by atoms with Gasteiger partial charge in [0.25, 0.3) is 11.4 Å². The normalized spacial score (nSPS) is 7.36. The van der Waals surface area contributed by atoms with Gasteiger partial charge in [0.15, 0.2) is 0 Å². The summed E-state index contributed by atoms with van der Waals surface area (Å²) in [4.78, 5) is 5.85. The van der Waals surface area contributed by atoms with Crippen molar-refractivity contribution >= 4 is 71.3 Å². The third-order valence-electron chi connectivity index (χ3n) is 1.87. The van der Waals surface area contributed by atoms with Crippen LogP contribution < -0.4 is 10.4 Å². The molecule has 4 nitrogen and oxygen atoms in total. The molecule has 0 aliphatic rings. The van der Waals surface area contributed by atoms with Gasteiger partial charge in [-0.1, -0.05) is 58.4 Å². The molecule has 0 radical (unpaired) electrons. The first-order valence-electron chi connectivity index (χ1n) is 7.08. The topological polar surface area (TPSA) is 56.3 Å². The van der Waals surface area contributed by atoms with Gasteiger partial charge in [-0.2, -0.15) is 0 Å². The molecule has 0 saturated heterocycles. The number of hydrogen-bond acceptors (Lipinski definition) is 2. The molecule has 0 spiro atoms. The van der Waals surface area contributed by atoms with Gasteiger partial charge in [-0.15, -0.1) is 0 Å². The van der Waals surface area contributed by atoms with Crippen LogP contribution in [0.5, 0.6) is 0 Å². The summed E-state index contributed by atoms with van der Waals surface area (Å²) in [6.45, 7) is 21.8. The predicted molar refractivity (Wildman–Crippen MR) is 126 cm³/mol. The molecule has 0 N–H and O–H groups in total. The molecule has 0 heterocycles. The molecule has 0 amide bonds. The van der Waals surface area contributed by atoms with Crippen LogP contribution in [0.25, 0.3) is 21.1 Å². The first-order chi connectivity index (χ1) is 11.9. The van der Waals surface area contributed by atoms with Gasteiger partial charge in [-0.05, 0) is 10.4 Å². The van der Waals surface area contributed by atoms with E-state index >= 15 is 0 Å². The Labute approximate surface area is 188 Å². The van der Waals surface area contributed by atoms with Crippen molar-refractivity contribution in [2.75, 3.05) is 0 Å². The van der Waals surface area contributed by atoms with Crippen LogP contribution in [0.4, 0.5) is 0 Å². The molecule has 0 aliphatic carbocycles. The van der Waals surface area contributed by atoms with Crippen molar-refractivity contribution in [3.05, 3.63) is 57.5 Å². The van der Waals surface area contributed by atoms with E-state index in [1.807, 2.05) is 13.8 Å². The summed E-state index contributed by atoms with van der Waals surface area (Å²) in [5.41, 5.74) is -0.0132. The summed E-state index contributed by atoms with van der Waals surface area (Å²) in [5, 5.41) is 18.3. The average molecular weight is 710 g/mol. The summed E-state index contributed by atoms with van der Waals surface area (Å²) in [7, 11) is 0. The second kappa shape index (κ2) is 21.7. The van der Waals surface area contributed by atoms with Gasteiger partial charge in [0.05, 0.1) is 25.3 Å². The number of halogens is 3. The zero-order valence-electron chi connectivity index (χ0n) is 14.4. The quantitative estimate of drug-likeness (QED) is 0.250. The van der Waals surface area contributed by atoms with Gasteiger partial charge in [0, 0.05) is 0 Å². The van der Waals surface area contributed by atoms with E-state index in [0.29, 0.717) is 10.4 Å². The molecule has 0 saturated carbocycles. The Hall–Kier alpha value is -0.306. The number of benzene rings is 1. The van der Waals surface area contributed by atoms with Crippen molar-refractivity contribution in [2.45, 2.75) is 34.1 Å². The monoisotopic (exact) mass is 710 g/mol. The summed E-state index contributed by atoms with van der Waals surface area (Å²) in [5.74, 6) is 0. The average Bonchev–Trinajstić information content (AvgIpc) is 2.60. The summed E-state index contributed by atoms with van der Waals surface area (Å²) in [6, 6.07) is 9.75. The second-order valence-corrected chi connectivity index (χ2v) is 39.0. The molecule has 8 heteroatoms. The van der Waals surface area contributed by atoms with Crippen LogP contribution in [0.15, 0.2) is 24.3 Å². The van der Waals surface area contributed by atoms with Crippen molar-refractivity contribution in [3.8, 4) is 12.1 Å². The molecule has 25 heavy (non-hydrogen) atoms. The van der Waals surface area contributed by atoms with Gasteiger partial charge >= 0.3 is 64.9 Å². The van der Waals surface area contributed by atoms with Crippen molar-refractivity contribution < 1.29 is 4.92 Å². The molecule has 1 rings (SSSR count). The number of hydrogen-bond donors (Lipinski definition) is 0. The zero-order valence-corrected chi connectivity index (χ0v) is 22.3. The van der Waals surface area contributed by atoms with E-state index in [2.05, 4.69) is 83.5 Å². The minimum atomic E-state index is -0.278. The van der Waals surface area contributed by atoms with E-state index in [4.69, 9.17) is 23.7 Å². The molecule has 132 valence electrons. The zero-order chi connectivity index (χ0) is 20.3. The molecule has 1 aromatic carbocycles. The molecular formula is C17H18I3N4V. The maximum atomic E-state index is 8.64. The van der Waals surface area contributed by atoms with Crippen LogP contribution in [0, 0.1) is 35.8 Å². The van der Waals surface area contributed by atoms with Crippen LogP contribution >= 0.6 is 59.9 Å². The fraction of sp³-hybridized carbons (Fsp3) is 0.294. The van der Waals surface area contributed by atoms with Crippen LogP contribution in [0.3, 0.4) is 0 Å². The minimum absolute atomic E-state index is 0.00660. The Balaban J connectivity index is -0.000000452. The molecule has 0 aromatic heterocycles. The van der Waals surface area contributed by atoms with E-state index in [9.17, 15) is 0 Å². The summed E-state index contributed by atoms with van der Waals surface area (Å²) >= 11 is 7.39. The Morgan fingerprint density at radius 2 is 1.12 bits per heavy atom. The van der Waals surface area contributed by atoms with Gasteiger partial charge in [0.2, 0.25) is 0 Å². The Bertz CT molecular complexity index is 657. The molecule has 1 aromatic rings. The Morgan fingerprint density at radius 3 is 1.24 bits per heavy atom. The van der Waals surface area contributed by atoms with Crippen LogP contribution in [0.1, 0.15) is 34.1 Å². The van der Waals surface area contributed by atoms with Gasteiger partial charge in [-0.3, -0.25) is 0 Å². The van der Waals surface area contributed by atoms with Gasteiger partial charge in [-0.25, -0.2) is 20.2 Å². The van der Waals surface area contributed by atoms with E-state index in [0.717, 1.165) is 0 Å². The first kappa shape index (κ1) is 29.5. The van der Waals surface area contributed by atoms with E-state index in [-0.39, 0.29) is 16.3 Å². The van der Waals surface area contributed by atoms with Gasteiger partial charge in [0.1, 0.15) is 0 Å². The molecular weight excluding hydrogens is 692 g/mol. The second-order valence-electron chi connectivity index (χ2n) is 3.62. The third-order valence-corrected chi connectivity index (χ3v) is 1.87. The number of nitrogens with zero attached hydrogens (tertiary/aromatic N) is 4. The standard InChI is InChI=1S/C12H4N4.C3H8.C2H6.3HI.V/c1-15-11(7-13)9-3-5-10(6-4-9)12(8-14)16-2;1-3-2;1-2;;;;/h3-6H;3H2,1-2H3;1-2H3;3*1H;/q;;;;;;+3/p-3. The number of rotatable bonds is 0. The Morgan fingerprint density at radius 1 is 0.920 bits per heavy atom. The third kappa shape index (κ3) is 16.9. The first-order valence-corrected chi connectivity index (χ1v) is 20.6. The molecule has 0 fully saturated rings. The molecule has 0 bridgehead atoms. The van der Waals surface area contributed by atoms with Crippen molar-refractivity contribution in [1.82, 2.24) is 0 Å². The summed E-state index contributed by atoms with van der Waals surface area (Å²) in [6.07, 6.45) is 1.25. The van der Waals surface area contributed by atoms with Crippen molar-refractivity contribution in [3.63, 3.8) is 0 Å². The van der Waals surface area contributed by atoms with Crippen molar-refractivity contribution in [2.24, 2.45) is 0 Å². The SMILES string of the molecule is CC.CCC.[C-]#[N+]C(C#N)=c1ccc(=C(C#N)[N+]#[C-])cc1.[I][V]([I])[I]. The van der Waals surface area contributed by atoms with E-state index in [1.54, 1.807) is 36.4 Å². The van der Waals surface area contributed by atoms with Crippen LogP contribution in [-0.2, 0) is 4.92 Å². The fourth-order valence-corrected chi connectivity index (χ4v) is 1.09. The van der Waals surface area contributed by atoms with Crippen molar-refractivity contribution in [1.29, 1.82) is 10.5 Å². The predicted octanol–water partition coefficient (Wildman–Crippen LogP) is 5.89. The van der Waals surface area contributed by atoms with E-state index < -0.39 is 0 Å². The maximum absolute atomic E-state index is 8.64. The van der Waals surface area contributed by atoms with Crippen LogP contribution in [0.2, 0.25) is 0 Å². The Kier molecular flexibility index (Phi) is 25.6. The molecule has 0 unspecified atom stereocenters. The fourth-order valence-electron chi connectivity index (χ4n) is 1.09. The summed E-state index contributed by atoms with van der Waals surface area (Å²) < 4.78 is 0. The molecule has 0 aliphatic heterocycles. The van der Waals surface area contributed by atoms with E-state index in [1.165, 1.54) is 6.42 Å². The van der Waals surface area contributed by atoms with Gasteiger partial charge < -0.3 is 0 Å². The molecule has 0 atom stereocenters. The number of nitriles is 2. The van der Waals surface area contributed by atoms with Crippen LogP contribution in [-0.4, -0.2) is 0 Å².